The predicted octanol–water partition coefficient (Wildman–Crippen LogP) is 4.42. The molecule has 1 heterocycles. The number of rotatable bonds is 2. The lowest BCUT2D eigenvalue weighted by molar-refractivity contribution is -0.0328. The van der Waals surface area contributed by atoms with Gasteiger partial charge in [0.1, 0.15) is 0 Å². The Morgan fingerprint density at radius 1 is 1.04 bits per heavy atom. The maximum atomic E-state index is 12.8. The summed E-state index contributed by atoms with van der Waals surface area (Å²) in [4.78, 5) is 4.55. The second kappa shape index (κ2) is 6.72. The van der Waals surface area contributed by atoms with Gasteiger partial charge in [0.15, 0.2) is 5.96 Å². The van der Waals surface area contributed by atoms with Crippen LogP contribution >= 0.6 is 11.8 Å². The van der Waals surface area contributed by atoms with Gasteiger partial charge in [0, 0.05) is 11.4 Å². The first-order chi connectivity index (χ1) is 12.5. The van der Waals surface area contributed by atoms with Crippen molar-refractivity contribution in [1.29, 1.82) is 0 Å². The zero-order valence-corrected chi connectivity index (χ0v) is 14.5. The van der Waals surface area contributed by atoms with Crippen LogP contribution in [0.3, 0.4) is 0 Å². The van der Waals surface area contributed by atoms with E-state index >= 15 is 0 Å². The highest BCUT2D eigenvalue weighted by Gasteiger charge is 2.30. The van der Waals surface area contributed by atoms with Crippen LogP contribution in [0.15, 0.2) is 52.4 Å². The monoisotopic (exact) mass is 375 g/mol. The molecule has 1 atom stereocenters. The molecular weight excluding hydrogens is 359 g/mol. The predicted molar refractivity (Wildman–Crippen MR) is 99.0 cm³/mol. The molecule has 0 bridgehead atoms. The molecule has 134 valence electrons. The van der Waals surface area contributed by atoms with Crippen LogP contribution in [0.2, 0.25) is 0 Å². The second-order valence-corrected chi connectivity index (χ2v) is 7.17. The molecule has 0 spiro atoms. The Labute approximate surface area is 153 Å². The second-order valence-electron chi connectivity index (χ2n) is 6.04. The van der Waals surface area contributed by atoms with Crippen molar-refractivity contribution in [3.8, 4) is 0 Å². The molecule has 2 N–H and O–H groups in total. The summed E-state index contributed by atoms with van der Waals surface area (Å²) in [5, 5.41) is 6.54. The molecule has 1 aliphatic carbocycles. The van der Waals surface area contributed by atoms with Crippen LogP contribution < -0.4 is 10.6 Å². The lowest BCUT2D eigenvalue weighted by Gasteiger charge is -2.23. The summed E-state index contributed by atoms with van der Waals surface area (Å²) in [7, 11) is 0. The van der Waals surface area contributed by atoms with Crippen molar-refractivity contribution < 1.29 is 13.2 Å². The zero-order valence-electron chi connectivity index (χ0n) is 13.7. The summed E-state index contributed by atoms with van der Waals surface area (Å²) in [5.41, 5.74) is -0.578. The van der Waals surface area contributed by atoms with E-state index in [4.69, 9.17) is 0 Å². The van der Waals surface area contributed by atoms with Crippen LogP contribution in [0, 0.1) is 0 Å². The van der Waals surface area contributed by atoms with Crippen LogP contribution in [0.4, 0.5) is 13.2 Å². The summed E-state index contributed by atoms with van der Waals surface area (Å²) in [6, 6.07) is 12.5. The molecule has 2 aromatic rings. The van der Waals surface area contributed by atoms with Crippen LogP contribution in [0.1, 0.15) is 28.3 Å². The van der Waals surface area contributed by atoms with Crippen molar-refractivity contribution in [3.05, 3.63) is 64.7 Å². The minimum Gasteiger partial charge on any atom is -0.355 e. The number of thioether (sulfide) groups is 1. The third-order valence-electron chi connectivity index (χ3n) is 4.31. The number of fused-ring (bicyclic) bond motifs is 2. The molecule has 2 aromatic carbocycles. The quantitative estimate of drug-likeness (QED) is 0.763. The van der Waals surface area contributed by atoms with Gasteiger partial charge in [-0.25, -0.2) is 0 Å². The smallest absolute Gasteiger partial charge is 0.355 e. The molecule has 0 fully saturated rings. The summed E-state index contributed by atoms with van der Waals surface area (Å²) >= 11 is -0.0913. The van der Waals surface area contributed by atoms with Crippen molar-refractivity contribution in [2.75, 3.05) is 13.1 Å². The standard InChI is InChI=1S/C19H16F3N3S/c20-19(21,22)26-14-8-7-13-6-5-12-3-1-2-4-15(12)17(16(13)11-14)25-18-23-9-10-24-18/h1-8,11,17H,9-10H2,(H2,23,24,25). The molecule has 0 saturated heterocycles. The number of nitrogens with one attached hydrogen (secondary N) is 2. The van der Waals surface area contributed by atoms with Crippen molar-refractivity contribution in [3.63, 3.8) is 0 Å². The highest BCUT2D eigenvalue weighted by atomic mass is 32.2. The SMILES string of the molecule is FC(F)(F)Sc1ccc2c(c1)C(NC1=NCCN1)c1ccccc1C=C2. The van der Waals surface area contributed by atoms with Gasteiger partial charge in [-0.2, -0.15) is 13.2 Å². The highest BCUT2D eigenvalue weighted by Crippen LogP contribution is 2.40. The van der Waals surface area contributed by atoms with Gasteiger partial charge < -0.3 is 10.6 Å². The number of benzene rings is 2. The average Bonchev–Trinajstić information content (AvgIpc) is 3.05. The first-order valence-corrected chi connectivity index (χ1v) is 9.03. The molecule has 3 nitrogen and oxygen atoms in total. The molecule has 7 heteroatoms. The van der Waals surface area contributed by atoms with Crippen molar-refractivity contribution in [2.24, 2.45) is 4.99 Å². The average molecular weight is 375 g/mol. The largest absolute Gasteiger partial charge is 0.446 e. The fourth-order valence-corrected chi connectivity index (χ4v) is 3.80. The maximum absolute atomic E-state index is 12.8. The van der Waals surface area contributed by atoms with Gasteiger partial charge in [0.25, 0.3) is 0 Å². The number of nitrogens with zero attached hydrogens (tertiary/aromatic N) is 1. The summed E-state index contributed by atoms with van der Waals surface area (Å²) in [6.45, 7) is 1.44. The first-order valence-electron chi connectivity index (χ1n) is 8.21. The lowest BCUT2D eigenvalue weighted by Crippen LogP contribution is -2.37. The maximum Gasteiger partial charge on any atom is 0.446 e. The summed E-state index contributed by atoms with van der Waals surface area (Å²) in [6.07, 6.45) is 3.94. The number of alkyl halides is 3. The molecule has 0 amide bonds. The third-order valence-corrected chi connectivity index (χ3v) is 5.03. The van der Waals surface area contributed by atoms with Gasteiger partial charge in [-0.15, -0.1) is 0 Å². The molecule has 4 rings (SSSR count). The van der Waals surface area contributed by atoms with E-state index in [1.165, 1.54) is 6.07 Å². The Kier molecular flexibility index (Phi) is 4.40. The molecule has 0 saturated carbocycles. The minimum absolute atomic E-state index is 0.0913. The Morgan fingerprint density at radius 2 is 1.81 bits per heavy atom. The first kappa shape index (κ1) is 17.0. The molecule has 0 aromatic heterocycles. The van der Waals surface area contributed by atoms with E-state index in [9.17, 15) is 13.2 Å². The van der Waals surface area contributed by atoms with E-state index in [0.717, 1.165) is 28.8 Å². The lowest BCUT2D eigenvalue weighted by atomic mass is 9.94. The summed E-state index contributed by atoms with van der Waals surface area (Å²) < 4.78 is 38.5. The van der Waals surface area contributed by atoms with E-state index in [0.29, 0.717) is 12.5 Å². The Bertz CT molecular complexity index is 890. The molecule has 26 heavy (non-hydrogen) atoms. The van der Waals surface area contributed by atoms with Gasteiger partial charge in [0.05, 0.1) is 12.6 Å². The number of hydrogen-bond donors (Lipinski definition) is 2. The van der Waals surface area contributed by atoms with Crippen molar-refractivity contribution in [1.82, 2.24) is 10.6 Å². The molecule has 1 aliphatic heterocycles. The molecule has 2 aliphatic rings. The number of guanidine groups is 1. The van der Waals surface area contributed by atoms with Crippen LogP contribution in [-0.2, 0) is 0 Å². The van der Waals surface area contributed by atoms with Crippen LogP contribution in [0.5, 0.6) is 0 Å². The van der Waals surface area contributed by atoms with Gasteiger partial charge in [0.2, 0.25) is 0 Å². The van der Waals surface area contributed by atoms with Gasteiger partial charge >= 0.3 is 5.51 Å². The van der Waals surface area contributed by atoms with Gasteiger partial charge in [-0.1, -0.05) is 42.5 Å². The summed E-state index contributed by atoms with van der Waals surface area (Å²) in [5.74, 6) is 0.673. The Balaban J connectivity index is 1.80. The molecule has 0 radical (unpaired) electrons. The van der Waals surface area contributed by atoms with E-state index < -0.39 is 5.51 Å². The normalized spacial score (nSPS) is 18.4. The van der Waals surface area contributed by atoms with Crippen molar-refractivity contribution in [2.45, 2.75) is 16.4 Å². The van der Waals surface area contributed by atoms with Gasteiger partial charge in [-0.05, 0) is 46.1 Å². The van der Waals surface area contributed by atoms with E-state index in [2.05, 4.69) is 15.6 Å². The molecular formula is C19H16F3N3S. The van der Waals surface area contributed by atoms with Gasteiger partial charge in [-0.3, -0.25) is 4.99 Å². The number of aliphatic imine (C=N–C) groups is 1. The minimum atomic E-state index is -4.31. The van der Waals surface area contributed by atoms with Crippen LogP contribution in [-0.4, -0.2) is 24.6 Å². The molecule has 1 unspecified atom stereocenters. The van der Waals surface area contributed by atoms with Crippen LogP contribution in [0.25, 0.3) is 12.2 Å². The fraction of sp³-hybridized carbons (Fsp3) is 0.211. The van der Waals surface area contributed by atoms with E-state index in [1.54, 1.807) is 12.1 Å². The van der Waals surface area contributed by atoms with E-state index in [-0.39, 0.29) is 22.7 Å². The van der Waals surface area contributed by atoms with Crippen molar-refractivity contribution >= 4 is 29.9 Å². The Hall–Kier alpha value is -2.41. The third kappa shape index (κ3) is 3.58. The number of hydrogen-bond acceptors (Lipinski definition) is 4. The van der Waals surface area contributed by atoms with E-state index in [1.807, 2.05) is 36.4 Å². The fourth-order valence-electron chi connectivity index (χ4n) is 3.21. The topological polar surface area (TPSA) is 36.4 Å². The zero-order chi connectivity index (χ0) is 18.1. The highest BCUT2D eigenvalue weighted by molar-refractivity contribution is 8.00. The number of halogens is 3. The Morgan fingerprint density at radius 3 is 2.54 bits per heavy atom.